The quantitative estimate of drug-likeness (QED) is 0.609. The van der Waals surface area contributed by atoms with Gasteiger partial charge in [-0.05, 0) is 19.3 Å². The molecule has 16 heavy (non-hydrogen) atoms. The van der Waals surface area contributed by atoms with Crippen molar-refractivity contribution in [1.29, 1.82) is 0 Å². The number of nitrogens with zero attached hydrogens (tertiary/aromatic N) is 1. The second kappa shape index (κ2) is 5.19. The Labute approximate surface area is 105 Å². The van der Waals surface area contributed by atoms with E-state index in [9.17, 15) is 0 Å². The van der Waals surface area contributed by atoms with E-state index in [4.69, 9.17) is 4.74 Å². The van der Waals surface area contributed by atoms with E-state index in [0.29, 0.717) is 24.8 Å². The van der Waals surface area contributed by atoms with Gasteiger partial charge in [0, 0.05) is 18.1 Å². The third-order valence-corrected chi connectivity index (χ3v) is 3.38. The molecular formula is C11H18BrN3O. The van der Waals surface area contributed by atoms with Gasteiger partial charge >= 0.3 is 0 Å². The first kappa shape index (κ1) is 11.9. The molecule has 2 aliphatic heterocycles. The Morgan fingerprint density at radius 1 is 1.56 bits per heavy atom. The van der Waals surface area contributed by atoms with Crippen LogP contribution in [0.1, 0.15) is 19.3 Å². The van der Waals surface area contributed by atoms with Crippen molar-refractivity contribution in [2.24, 2.45) is 4.99 Å². The molecular weight excluding hydrogens is 270 g/mol. The average molecular weight is 288 g/mol. The molecule has 0 spiro atoms. The van der Waals surface area contributed by atoms with E-state index in [1.54, 1.807) is 7.05 Å². The van der Waals surface area contributed by atoms with Crippen molar-refractivity contribution >= 4 is 21.9 Å². The smallest absolute Gasteiger partial charge is 0.191 e. The molecule has 0 aromatic heterocycles. The monoisotopic (exact) mass is 287 g/mol. The molecule has 3 atom stereocenters. The number of hydrogen-bond acceptors (Lipinski definition) is 2. The van der Waals surface area contributed by atoms with Crippen LogP contribution in [0.4, 0.5) is 0 Å². The molecule has 2 heterocycles. The standard InChI is InChI=1S/C11H18BrN3O/c1-7(12)6-14-11(13-2)15-9-5-8-3-4-10(9)16-8/h8-10H,1,3-6H2,2H3,(H2,13,14,15). The highest BCUT2D eigenvalue weighted by atomic mass is 79.9. The maximum Gasteiger partial charge on any atom is 0.191 e. The van der Waals surface area contributed by atoms with E-state index in [2.05, 4.69) is 38.1 Å². The van der Waals surface area contributed by atoms with Gasteiger partial charge in [0.2, 0.25) is 0 Å². The number of aliphatic imine (C=N–C) groups is 1. The fraction of sp³-hybridized carbons (Fsp3) is 0.727. The van der Waals surface area contributed by atoms with Crippen molar-refractivity contribution < 1.29 is 4.74 Å². The van der Waals surface area contributed by atoms with Crippen molar-refractivity contribution in [2.45, 2.75) is 37.5 Å². The van der Waals surface area contributed by atoms with Crippen LogP contribution in [0.5, 0.6) is 0 Å². The van der Waals surface area contributed by atoms with Crippen molar-refractivity contribution in [3.8, 4) is 0 Å². The normalized spacial score (nSPS) is 32.9. The molecule has 2 saturated heterocycles. The van der Waals surface area contributed by atoms with E-state index >= 15 is 0 Å². The van der Waals surface area contributed by atoms with Crippen LogP contribution in [0.3, 0.4) is 0 Å². The van der Waals surface area contributed by atoms with Gasteiger partial charge in [0.15, 0.2) is 5.96 Å². The van der Waals surface area contributed by atoms with Crippen molar-refractivity contribution in [2.75, 3.05) is 13.6 Å². The minimum atomic E-state index is 0.371. The first-order valence-electron chi connectivity index (χ1n) is 5.65. The second-order valence-electron chi connectivity index (χ2n) is 4.30. The SMILES string of the molecule is C=C(Br)CNC(=NC)NC1CC2CCC1O2. The largest absolute Gasteiger partial charge is 0.373 e. The zero-order valence-corrected chi connectivity index (χ0v) is 11.1. The highest BCUT2D eigenvalue weighted by Gasteiger charge is 2.40. The Morgan fingerprint density at radius 3 is 2.88 bits per heavy atom. The minimum Gasteiger partial charge on any atom is -0.373 e. The predicted molar refractivity (Wildman–Crippen MR) is 68.9 cm³/mol. The van der Waals surface area contributed by atoms with Crippen LogP contribution in [0.15, 0.2) is 16.1 Å². The molecule has 0 aromatic carbocycles. The molecule has 0 amide bonds. The third kappa shape index (κ3) is 2.77. The van der Waals surface area contributed by atoms with Crippen molar-refractivity contribution in [3.63, 3.8) is 0 Å². The van der Waals surface area contributed by atoms with Crippen LogP contribution < -0.4 is 10.6 Å². The summed E-state index contributed by atoms with van der Waals surface area (Å²) in [5.74, 6) is 0.821. The summed E-state index contributed by atoms with van der Waals surface area (Å²) in [7, 11) is 1.78. The Balaban J connectivity index is 1.81. The topological polar surface area (TPSA) is 45.7 Å². The van der Waals surface area contributed by atoms with Crippen molar-refractivity contribution in [3.05, 3.63) is 11.1 Å². The zero-order chi connectivity index (χ0) is 11.5. The molecule has 0 aromatic rings. The van der Waals surface area contributed by atoms with Crippen LogP contribution in [0, 0.1) is 0 Å². The summed E-state index contributed by atoms with van der Waals surface area (Å²) in [4.78, 5) is 4.18. The highest BCUT2D eigenvalue weighted by molar-refractivity contribution is 9.11. The molecule has 0 radical (unpaired) electrons. The van der Waals surface area contributed by atoms with Gasteiger partial charge in [-0.25, -0.2) is 0 Å². The lowest BCUT2D eigenvalue weighted by Gasteiger charge is -2.22. The molecule has 2 N–H and O–H groups in total. The maximum absolute atomic E-state index is 5.78. The van der Waals surface area contributed by atoms with Gasteiger partial charge in [0.1, 0.15) is 0 Å². The second-order valence-corrected chi connectivity index (χ2v) is 5.42. The van der Waals surface area contributed by atoms with Crippen LogP contribution in [-0.4, -0.2) is 37.8 Å². The molecule has 2 aliphatic rings. The molecule has 2 rings (SSSR count). The molecule has 2 bridgehead atoms. The maximum atomic E-state index is 5.78. The summed E-state index contributed by atoms with van der Waals surface area (Å²) < 4.78 is 6.70. The fourth-order valence-electron chi connectivity index (χ4n) is 2.34. The van der Waals surface area contributed by atoms with Crippen LogP contribution in [0.2, 0.25) is 0 Å². The minimum absolute atomic E-state index is 0.371. The Kier molecular flexibility index (Phi) is 3.86. The zero-order valence-electron chi connectivity index (χ0n) is 9.50. The molecule has 3 unspecified atom stereocenters. The van der Waals surface area contributed by atoms with Crippen LogP contribution in [0.25, 0.3) is 0 Å². The third-order valence-electron chi connectivity index (χ3n) is 3.10. The van der Waals surface area contributed by atoms with Gasteiger partial charge in [-0.15, -0.1) is 0 Å². The predicted octanol–water partition coefficient (Wildman–Crippen LogP) is 1.38. The van der Waals surface area contributed by atoms with Crippen LogP contribution in [-0.2, 0) is 4.74 Å². The summed E-state index contributed by atoms with van der Waals surface area (Å²) in [6.45, 7) is 4.46. The molecule has 0 saturated carbocycles. The molecule has 5 heteroatoms. The summed E-state index contributed by atoms with van der Waals surface area (Å²) in [6.07, 6.45) is 4.32. The lowest BCUT2D eigenvalue weighted by atomic mass is 9.96. The summed E-state index contributed by atoms with van der Waals surface area (Å²) in [5, 5.41) is 6.60. The van der Waals surface area contributed by atoms with E-state index in [-0.39, 0.29) is 0 Å². The van der Waals surface area contributed by atoms with E-state index in [1.807, 2.05) is 0 Å². The number of guanidine groups is 1. The van der Waals surface area contributed by atoms with Gasteiger partial charge in [0.25, 0.3) is 0 Å². The van der Waals surface area contributed by atoms with Crippen molar-refractivity contribution in [1.82, 2.24) is 10.6 Å². The number of halogens is 1. The Hall–Kier alpha value is -0.550. The Bertz CT molecular complexity index is 306. The first-order chi connectivity index (χ1) is 7.69. The number of fused-ring (bicyclic) bond motifs is 2. The Morgan fingerprint density at radius 2 is 2.38 bits per heavy atom. The van der Waals surface area contributed by atoms with E-state index < -0.39 is 0 Å². The number of nitrogens with one attached hydrogen (secondary N) is 2. The van der Waals surface area contributed by atoms with E-state index in [1.165, 1.54) is 12.8 Å². The number of rotatable bonds is 3. The van der Waals surface area contributed by atoms with Gasteiger partial charge in [0.05, 0.1) is 18.2 Å². The van der Waals surface area contributed by atoms with Crippen LogP contribution >= 0.6 is 15.9 Å². The number of hydrogen-bond donors (Lipinski definition) is 2. The van der Waals surface area contributed by atoms with Gasteiger partial charge < -0.3 is 15.4 Å². The molecule has 4 nitrogen and oxygen atoms in total. The average Bonchev–Trinajstić information content (AvgIpc) is 2.85. The summed E-state index contributed by atoms with van der Waals surface area (Å²) in [6, 6.07) is 0.411. The number of ether oxygens (including phenoxy) is 1. The van der Waals surface area contributed by atoms with Gasteiger partial charge in [-0.1, -0.05) is 22.5 Å². The van der Waals surface area contributed by atoms with Gasteiger partial charge in [-0.2, -0.15) is 0 Å². The van der Waals surface area contributed by atoms with E-state index in [0.717, 1.165) is 16.9 Å². The highest BCUT2D eigenvalue weighted by Crippen LogP contribution is 2.34. The summed E-state index contributed by atoms with van der Waals surface area (Å²) in [5.41, 5.74) is 0. The molecule has 90 valence electrons. The molecule has 2 fully saturated rings. The first-order valence-corrected chi connectivity index (χ1v) is 6.44. The lowest BCUT2D eigenvalue weighted by Crippen LogP contribution is -2.47. The fourth-order valence-corrected chi connectivity index (χ4v) is 2.48. The lowest BCUT2D eigenvalue weighted by molar-refractivity contribution is 0.0992. The summed E-state index contributed by atoms with van der Waals surface area (Å²) >= 11 is 3.31. The van der Waals surface area contributed by atoms with Gasteiger partial charge in [-0.3, -0.25) is 4.99 Å². The molecule has 0 aliphatic carbocycles.